The van der Waals surface area contributed by atoms with Crippen LogP contribution < -0.4 is 30.4 Å². The summed E-state index contributed by atoms with van der Waals surface area (Å²) < 4.78 is 18.8. The van der Waals surface area contributed by atoms with E-state index in [2.05, 4.69) is 25.4 Å². The van der Waals surface area contributed by atoms with E-state index in [9.17, 15) is 28.8 Å². The summed E-state index contributed by atoms with van der Waals surface area (Å²) in [4.78, 5) is 84.3. The number of imide groups is 2. The summed E-state index contributed by atoms with van der Waals surface area (Å²) in [6.07, 6.45) is 5.13. The molecular formula is C39H43N7O9. The molecule has 1 unspecified atom stereocenters. The van der Waals surface area contributed by atoms with E-state index in [4.69, 9.17) is 14.2 Å². The van der Waals surface area contributed by atoms with Gasteiger partial charge in [0.15, 0.2) is 6.61 Å². The van der Waals surface area contributed by atoms with Gasteiger partial charge in [0.2, 0.25) is 11.8 Å². The van der Waals surface area contributed by atoms with Crippen LogP contribution in [0.1, 0.15) is 39.1 Å². The first-order chi connectivity index (χ1) is 26.4. The van der Waals surface area contributed by atoms with Crippen molar-refractivity contribution in [3.8, 4) is 28.4 Å². The molecule has 2 aromatic carbocycles. The van der Waals surface area contributed by atoms with Gasteiger partial charge in [-0.25, -0.2) is 0 Å². The number of fused-ring (bicyclic) bond motifs is 2. The number of likely N-dealkylation sites (N-methyl/N-ethyl adjacent to an activating group) is 2. The summed E-state index contributed by atoms with van der Waals surface area (Å²) >= 11 is 0. The molecular weight excluding hydrogens is 710 g/mol. The number of hydrogen-bond acceptors (Lipinski definition) is 12. The lowest BCUT2D eigenvalue weighted by molar-refractivity contribution is -0.136. The predicted molar refractivity (Wildman–Crippen MR) is 201 cm³/mol. The van der Waals surface area contributed by atoms with Crippen LogP contribution in [0.4, 0.5) is 0 Å². The van der Waals surface area contributed by atoms with E-state index in [1.165, 1.54) is 18.2 Å². The van der Waals surface area contributed by atoms with Crippen molar-refractivity contribution in [1.82, 2.24) is 34.9 Å². The zero-order valence-electron chi connectivity index (χ0n) is 31.3. The van der Waals surface area contributed by atoms with E-state index in [-0.39, 0.29) is 47.8 Å². The molecule has 2 aliphatic heterocycles. The average Bonchev–Trinajstić information content (AvgIpc) is 3.42. The van der Waals surface area contributed by atoms with Gasteiger partial charge in [-0.3, -0.25) is 44.0 Å². The summed E-state index contributed by atoms with van der Waals surface area (Å²) in [5, 5.41) is 6.31. The summed E-state index contributed by atoms with van der Waals surface area (Å²) in [5.74, 6) is -1.22. The highest BCUT2D eigenvalue weighted by Gasteiger charge is 2.44. The Labute approximate surface area is 316 Å². The van der Waals surface area contributed by atoms with Crippen LogP contribution in [0.5, 0.6) is 17.2 Å². The second-order valence-electron chi connectivity index (χ2n) is 13.6. The van der Waals surface area contributed by atoms with Gasteiger partial charge in [-0.05, 0) is 67.9 Å². The molecule has 0 bridgehead atoms. The van der Waals surface area contributed by atoms with Gasteiger partial charge in [-0.2, -0.15) is 0 Å². The Balaban J connectivity index is 0.973. The van der Waals surface area contributed by atoms with Crippen molar-refractivity contribution < 1.29 is 38.2 Å². The number of methoxy groups -OCH3 is 2. The highest BCUT2D eigenvalue weighted by atomic mass is 16.5. The summed E-state index contributed by atoms with van der Waals surface area (Å²) in [7, 11) is 8.91. The topological polar surface area (TPSA) is 182 Å². The number of carbonyl (C=O) groups is 5. The van der Waals surface area contributed by atoms with Crippen molar-refractivity contribution in [2.45, 2.75) is 25.4 Å². The quantitative estimate of drug-likeness (QED) is 0.168. The molecule has 6 rings (SSSR count). The molecule has 2 aromatic heterocycles. The monoisotopic (exact) mass is 753 g/mol. The number of ether oxygens (including phenoxy) is 3. The Morgan fingerprint density at radius 3 is 2.33 bits per heavy atom. The first-order valence-electron chi connectivity index (χ1n) is 17.7. The summed E-state index contributed by atoms with van der Waals surface area (Å²) in [6, 6.07) is 8.96. The first-order valence-corrected chi connectivity index (χ1v) is 17.7. The van der Waals surface area contributed by atoms with E-state index in [0.29, 0.717) is 49.6 Å². The number of nitrogens with one attached hydrogen (secondary N) is 2. The standard InChI is InChI=1S/C39H43N7O9/c1-43(13-12-41-35(48)22-55-24-6-7-26-27(18-24)39(52)46(38(26)51)31-8-9-34(47)42-36(31)49)14-15-44(2)20-30-32(53-4)16-23(17-33(30)54-5)29-21-45(3)37(50)28-19-40-11-10-25(28)29/h6-7,10-11,16-19,21,31H,8-9,12-15,20,22H2,1-5H3,(H,41,48)(H,42,47,49). The van der Waals surface area contributed by atoms with Crippen LogP contribution in [0.2, 0.25) is 0 Å². The Morgan fingerprint density at radius 2 is 1.62 bits per heavy atom. The third-order valence-electron chi connectivity index (χ3n) is 9.79. The van der Waals surface area contributed by atoms with Crippen molar-refractivity contribution >= 4 is 40.3 Å². The number of carbonyl (C=O) groups excluding carboxylic acids is 5. The molecule has 0 saturated carbocycles. The van der Waals surface area contributed by atoms with Crippen LogP contribution >= 0.6 is 0 Å². The van der Waals surface area contributed by atoms with Crippen molar-refractivity contribution in [3.05, 3.63) is 82.0 Å². The fraction of sp³-hybridized carbons (Fsp3) is 0.359. The van der Waals surface area contributed by atoms with Crippen molar-refractivity contribution in [2.75, 3.05) is 61.1 Å². The lowest BCUT2D eigenvalue weighted by Gasteiger charge is -2.27. The number of hydrogen-bond donors (Lipinski definition) is 2. The molecule has 5 amide bonds. The number of amides is 5. The fourth-order valence-electron chi connectivity index (χ4n) is 6.77. The predicted octanol–water partition coefficient (Wildman–Crippen LogP) is 1.58. The number of benzene rings is 2. The maximum absolute atomic E-state index is 13.1. The number of aromatic nitrogens is 2. The molecule has 0 aliphatic carbocycles. The molecule has 55 heavy (non-hydrogen) atoms. The zero-order valence-corrected chi connectivity index (χ0v) is 31.3. The Kier molecular flexibility index (Phi) is 11.6. The van der Waals surface area contributed by atoms with E-state index in [0.717, 1.165) is 27.0 Å². The Bertz CT molecular complexity index is 2210. The fourth-order valence-corrected chi connectivity index (χ4v) is 6.77. The summed E-state index contributed by atoms with van der Waals surface area (Å²) in [6.45, 7) is 2.61. The Morgan fingerprint density at radius 1 is 0.909 bits per heavy atom. The minimum atomic E-state index is -1.07. The van der Waals surface area contributed by atoms with E-state index in [1.807, 2.05) is 32.3 Å². The van der Waals surface area contributed by atoms with E-state index >= 15 is 0 Å². The summed E-state index contributed by atoms with van der Waals surface area (Å²) in [5.41, 5.74) is 2.65. The molecule has 0 spiro atoms. The van der Waals surface area contributed by atoms with E-state index in [1.54, 1.807) is 44.4 Å². The minimum absolute atomic E-state index is 0.0277. The molecule has 4 heterocycles. The minimum Gasteiger partial charge on any atom is -0.496 e. The SMILES string of the molecule is COc1cc(-c2cn(C)c(=O)c3cnccc23)cc(OC)c1CN(C)CCN(C)CCNC(=O)COc1ccc2c(c1)C(=O)N(C1CCC(=O)NC1=O)C2=O. The average molecular weight is 754 g/mol. The maximum atomic E-state index is 13.1. The van der Waals surface area contributed by atoms with Crippen LogP contribution in [0.3, 0.4) is 0 Å². The molecule has 1 fully saturated rings. The third-order valence-corrected chi connectivity index (χ3v) is 9.79. The maximum Gasteiger partial charge on any atom is 0.262 e. The molecule has 0 radical (unpaired) electrons. The normalized spacial score (nSPS) is 15.5. The molecule has 16 nitrogen and oxygen atoms in total. The molecule has 1 atom stereocenters. The van der Waals surface area contributed by atoms with Gasteiger partial charge in [0.25, 0.3) is 23.3 Å². The second kappa shape index (κ2) is 16.5. The highest BCUT2D eigenvalue weighted by Crippen LogP contribution is 2.38. The smallest absolute Gasteiger partial charge is 0.262 e. The second-order valence-corrected chi connectivity index (χ2v) is 13.6. The number of pyridine rings is 2. The molecule has 4 aromatic rings. The first kappa shape index (κ1) is 38.6. The van der Waals surface area contributed by atoms with Gasteiger partial charge in [0, 0.05) is 70.3 Å². The molecule has 2 N–H and O–H groups in total. The van der Waals surface area contributed by atoms with Crippen molar-refractivity contribution in [2.24, 2.45) is 7.05 Å². The van der Waals surface area contributed by atoms with Gasteiger partial charge in [0.05, 0.1) is 36.3 Å². The van der Waals surface area contributed by atoms with Crippen molar-refractivity contribution in [1.29, 1.82) is 0 Å². The Hall–Kier alpha value is -6.13. The van der Waals surface area contributed by atoms with Gasteiger partial charge < -0.3 is 33.9 Å². The van der Waals surface area contributed by atoms with Gasteiger partial charge in [-0.15, -0.1) is 0 Å². The molecule has 16 heteroatoms. The molecule has 288 valence electrons. The largest absolute Gasteiger partial charge is 0.496 e. The van der Waals surface area contributed by atoms with Crippen LogP contribution in [-0.2, 0) is 28.0 Å². The third kappa shape index (κ3) is 8.19. The van der Waals surface area contributed by atoms with Crippen LogP contribution in [0.25, 0.3) is 21.9 Å². The van der Waals surface area contributed by atoms with Gasteiger partial charge in [0.1, 0.15) is 23.3 Å². The molecule has 1 saturated heterocycles. The van der Waals surface area contributed by atoms with Crippen LogP contribution in [-0.4, -0.2) is 121 Å². The number of piperidine rings is 1. The number of nitrogens with zero attached hydrogens (tertiary/aromatic N) is 5. The van der Waals surface area contributed by atoms with Crippen molar-refractivity contribution in [3.63, 3.8) is 0 Å². The van der Waals surface area contributed by atoms with Crippen LogP contribution in [0.15, 0.2) is 59.8 Å². The van der Waals surface area contributed by atoms with Crippen LogP contribution in [0, 0.1) is 0 Å². The number of rotatable bonds is 15. The lowest BCUT2D eigenvalue weighted by Crippen LogP contribution is -2.54. The zero-order chi connectivity index (χ0) is 39.4. The highest BCUT2D eigenvalue weighted by molar-refractivity contribution is 6.23. The number of aryl methyl sites for hydroxylation is 1. The van der Waals surface area contributed by atoms with Gasteiger partial charge >= 0.3 is 0 Å². The molecule has 2 aliphatic rings. The van der Waals surface area contributed by atoms with Gasteiger partial charge in [-0.1, -0.05) is 0 Å². The van der Waals surface area contributed by atoms with E-state index < -0.39 is 29.7 Å². The lowest BCUT2D eigenvalue weighted by atomic mass is 9.99.